The van der Waals surface area contributed by atoms with E-state index in [-0.39, 0.29) is 0 Å². The molecule has 0 amide bonds. The van der Waals surface area contributed by atoms with E-state index in [2.05, 4.69) is 0 Å². The van der Waals surface area contributed by atoms with Gasteiger partial charge < -0.3 is 0 Å². The van der Waals surface area contributed by atoms with E-state index >= 15 is 0 Å². The smallest absolute Gasteiger partial charge is 0.215 e. The molecule has 0 saturated carbocycles. The normalized spacial score (nSPS) is 8.75. The molecule has 0 radical (unpaired) electrons. The Morgan fingerprint density at radius 2 is 1.83 bits per heavy atom. The van der Waals surface area contributed by atoms with Gasteiger partial charge in [0, 0.05) is 5.56 Å². The van der Waals surface area contributed by atoms with E-state index in [0.717, 1.165) is 0 Å². The number of carbonyl (C=O) groups is 1. The second-order valence-corrected chi connectivity index (χ2v) is 2.49. The van der Waals surface area contributed by atoms with Crippen LogP contribution in [0.3, 0.4) is 0 Å². The molecule has 1 aromatic carbocycles. The molecule has 0 atom stereocenters. The lowest BCUT2D eigenvalue weighted by molar-refractivity contribution is 0.104. The summed E-state index contributed by atoms with van der Waals surface area (Å²) in [5.74, 6) is 0.852. The summed E-state index contributed by atoms with van der Waals surface area (Å²) in [4.78, 5) is 21.1. The molecule has 0 aliphatic rings. The lowest BCUT2D eigenvalue weighted by Gasteiger charge is -1.93. The summed E-state index contributed by atoms with van der Waals surface area (Å²) in [6.07, 6.45) is 0. The van der Waals surface area contributed by atoms with E-state index in [1.165, 1.54) is 5.94 Å². The van der Waals surface area contributed by atoms with Crippen molar-refractivity contribution in [1.29, 1.82) is 0 Å². The predicted molar refractivity (Wildman–Crippen MR) is 45.8 cm³/mol. The van der Waals surface area contributed by atoms with Gasteiger partial charge in [0.25, 0.3) is 0 Å². The third kappa shape index (κ3) is 1.82. The zero-order chi connectivity index (χ0) is 8.97. The molecule has 0 fully saturated rings. The SMILES string of the molecule is O=C=C(Cl)C(=O)c1ccccc1. The molecule has 0 unspecified atom stereocenters. The first kappa shape index (κ1) is 8.72. The van der Waals surface area contributed by atoms with Crippen molar-refractivity contribution in [1.82, 2.24) is 0 Å². The molecule has 0 aliphatic heterocycles. The fourth-order valence-electron chi connectivity index (χ4n) is 0.763. The summed E-state index contributed by atoms with van der Waals surface area (Å²) < 4.78 is 0. The molecule has 3 heteroatoms. The number of benzene rings is 1. The second kappa shape index (κ2) is 3.86. The Hall–Kier alpha value is -1.37. The van der Waals surface area contributed by atoms with Crippen molar-refractivity contribution < 1.29 is 9.59 Å². The molecular weight excluding hydrogens is 176 g/mol. The highest BCUT2D eigenvalue weighted by Crippen LogP contribution is 2.08. The van der Waals surface area contributed by atoms with Gasteiger partial charge in [0.1, 0.15) is 5.94 Å². The van der Waals surface area contributed by atoms with Crippen LogP contribution in [0.1, 0.15) is 10.4 Å². The number of hydrogen-bond acceptors (Lipinski definition) is 2. The van der Waals surface area contributed by atoms with Crippen LogP contribution in [0.5, 0.6) is 0 Å². The summed E-state index contributed by atoms with van der Waals surface area (Å²) in [7, 11) is 0. The van der Waals surface area contributed by atoms with Gasteiger partial charge in [-0.2, -0.15) is 0 Å². The van der Waals surface area contributed by atoms with Crippen LogP contribution in [0.4, 0.5) is 0 Å². The molecule has 12 heavy (non-hydrogen) atoms. The standard InChI is InChI=1S/C9H5ClO2/c10-8(6-11)9(12)7-4-2-1-3-5-7/h1-5H. The van der Waals surface area contributed by atoms with Crippen LogP contribution >= 0.6 is 11.6 Å². The zero-order valence-corrected chi connectivity index (χ0v) is 6.84. The number of ketones is 1. The van der Waals surface area contributed by atoms with Gasteiger partial charge in [0.2, 0.25) is 5.78 Å². The highest BCUT2D eigenvalue weighted by atomic mass is 35.5. The summed E-state index contributed by atoms with van der Waals surface area (Å²) in [6, 6.07) is 8.34. The Morgan fingerprint density at radius 1 is 1.25 bits per heavy atom. The monoisotopic (exact) mass is 180 g/mol. The Labute approximate surface area is 74.5 Å². The average Bonchev–Trinajstić information content (AvgIpc) is 2.17. The Morgan fingerprint density at radius 3 is 2.33 bits per heavy atom. The maximum absolute atomic E-state index is 11.1. The van der Waals surface area contributed by atoms with Gasteiger partial charge in [-0.25, -0.2) is 4.79 Å². The fourth-order valence-corrected chi connectivity index (χ4v) is 0.872. The van der Waals surface area contributed by atoms with E-state index in [4.69, 9.17) is 11.6 Å². The molecule has 60 valence electrons. The lowest BCUT2D eigenvalue weighted by Crippen LogP contribution is -1.98. The molecule has 0 spiro atoms. The molecule has 1 aromatic rings. The number of halogens is 1. The van der Waals surface area contributed by atoms with E-state index in [0.29, 0.717) is 5.56 Å². The van der Waals surface area contributed by atoms with Crippen LogP contribution in [-0.2, 0) is 4.79 Å². The number of rotatable bonds is 2. The third-order valence-electron chi connectivity index (χ3n) is 1.32. The van der Waals surface area contributed by atoms with Crippen LogP contribution in [0, 0.1) is 0 Å². The van der Waals surface area contributed by atoms with Crippen molar-refractivity contribution in [3.63, 3.8) is 0 Å². The number of allylic oxidation sites excluding steroid dienone is 1. The molecule has 0 saturated heterocycles. The van der Waals surface area contributed by atoms with Crippen LogP contribution in [0.15, 0.2) is 35.4 Å². The predicted octanol–water partition coefficient (Wildman–Crippen LogP) is 1.82. The van der Waals surface area contributed by atoms with Crippen LogP contribution in [0.2, 0.25) is 0 Å². The summed E-state index contributed by atoms with van der Waals surface area (Å²) in [6.45, 7) is 0. The first-order valence-electron chi connectivity index (χ1n) is 3.26. The highest BCUT2D eigenvalue weighted by molar-refractivity contribution is 6.48. The van der Waals surface area contributed by atoms with Crippen molar-refractivity contribution >= 4 is 23.3 Å². The topological polar surface area (TPSA) is 34.1 Å². The molecule has 0 N–H and O–H groups in total. The maximum atomic E-state index is 11.1. The lowest BCUT2D eigenvalue weighted by atomic mass is 10.1. The van der Waals surface area contributed by atoms with E-state index in [1.54, 1.807) is 30.3 Å². The molecule has 0 heterocycles. The Balaban J connectivity index is 3.02. The second-order valence-electron chi connectivity index (χ2n) is 2.11. The van der Waals surface area contributed by atoms with Gasteiger partial charge in [0.15, 0.2) is 5.03 Å². The number of hydrogen-bond donors (Lipinski definition) is 0. The summed E-state index contributed by atoms with van der Waals surface area (Å²) >= 11 is 5.29. The quantitative estimate of drug-likeness (QED) is 0.395. The van der Waals surface area contributed by atoms with Crippen LogP contribution in [-0.4, -0.2) is 11.7 Å². The first-order valence-corrected chi connectivity index (χ1v) is 3.64. The molecule has 0 bridgehead atoms. The molecule has 0 aliphatic carbocycles. The average molecular weight is 181 g/mol. The zero-order valence-electron chi connectivity index (χ0n) is 6.08. The van der Waals surface area contributed by atoms with Crippen molar-refractivity contribution in [2.45, 2.75) is 0 Å². The van der Waals surface area contributed by atoms with Gasteiger partial charge in [-0.3, -0.25) is 4.79 Å². The van der Waals surface area contributed by atoms with Crippen molar-refractivity contribution in [2.75, 3.05) is 0 Å². The Kier molecular flexibility index (Phi) is 2.81. The molecule has 1 rings (SSSR count). The van der Waals surface area contributed by atoms with Gasteiger partial charge in [-0.15, -0.1) is 0 Å². The summed E-state index contributed by atoms with van der Waals surface area (Å²) in [5, 5.41) is -0.416. The van der Waals surface area contributed by atoms with Gasteiger partial charge >= 0.3 is 0 Å². The first-order chi connectivity index (χ1) is 5.75. The van der Waals surface area contributed by atoms with Crippen LogP contribution in [0.25, 0.3) is 0 Å². The molecular formula is C9H5ClO2. The van der Waals surface area contributed by atoms with Gasteiger partial charge in [-0.1, -0.05) is 41.9 Å². The molecule has 2 nitrogen and oxygen atoms in total. The van der Waals surface area contributed by atoms with E-state index < -0.39 is 10.8 Å². The van der Waals surface area contributed by atoms with Crippen LogP contribution < -0.4 is 0 Å². The molecule has 0 aromatic heterocycles. The van der Waals surface area contributed by atoms with E-state index in [1.807, 2.05) is 0 Å². The maximum Gasteiger partial charge on any atom is 0.215 e. The fraction of sp³-hybridized carbons (Fsp3) is 0. The minimum Gasteiger partial charge on any atom is -0.287 e. The van der Waals surface area contributed by atoms with Crippen molar-refractivity contribution in [3.05, 3.63) is 40.9 Å². The van der Waals surface area contributed by atoms with Gasteiger partial charge in [-0.05, 0) is 0 Å². The minimum atomic E-state index is -0.493. The summed E-state index contributed by atoms with van der Waals surface area (Å²) in [5.41, 5.74) is 0.394. The largest absolute Gasteiger partial charge is 0.287 e. The Bertz CT molecular complexity index is 337. The minimum absolute atomic E-state index is 0.394. The highest BCUT2D eigenvalue weighted by Gasteiger charge is 2.09. The van der Waals surface area contributed by atoms with Crippen molar-refractivity contribution in [3.8, 4) is 0 Å². The van der Waals surface area contributed by atoms with Crippen molar-refractivity contribution in [2.24, 2.45) is 0 Å². The van der Waals surface area contributed by atoms with E-state index in [9.17, 15) is 9.59 Å². The number of carbonyl (C=O) groups excluding carboxylic acids is 2. The number of Topliss-reactive ketones (excluding diaryl/α,β-unsaturated/α-hetero) is 1. The van der Waals surface area contributed by atoms with Gasteiger partial charge in [0.05, 0.1) is 0 Å². The third-order valence-corrected chi connectivity index (χ3v) is 1.57.